The first-order valence-corrected chi connectivity index (χ1v) is 11.8. The second-order valence-corrected chi connectivity index (χ2v) is 8.83. The summed E-state index contributed by atoms with van der Waals surface area (Å²) in [6.07, 6.45) is 0.501. The molecule has 0 radical (unpaired) electrons. The van der Waals surface area contributed by atoms with Crippen molar-refractivity contribution in [1.29, 1.82) is 0 Å². The molecule has 5 N–H and O–H groups in total. The van der Waals surface area contributed by atoms with E-state index < -0.39 is 30.4 Å². The summed E-state index contributed by atoms with van der Waals surface area (Å²) in [5.74, 6) is 5.20. The van der Waals surface area contributed by atoms with Crippen molar-refractivity contribution in [2.24, 2.45) is 0 Å². The Balaban J connectivity index is 1.40. The zero-order chi connectivity index (χ0) is 26.1. The lowest BCUT2D eigenvalue weighted by Crippen LogP contribution is -2.44. The Labute approximate surface area is 211 Å². The minimum absolute atomic E-state index is 0.0596. The number of anilines is 1. The Bertz CT molecular complexity index is 1380. The Hall–Kier alpha value is -4.12. The molecule has 0 spiro atoms. The van der Waals surface area contributed by atoms with Crippen LogP contribution in [-0.2, 0) is 9.53 Å². The SMILES string of the molecule is CNC(=O)C1OC(n2cnc3c(N)nc(C#CCN(C(=O)c4ccccn4)C4CCC4)nc32)[C@H](O)[C@@H]1O. The van der Waals surface area contributed by atoms with E-state index >= 15 is 0 Å². The number of imidazole rings is 1. The maximum Gasteiger partial charge on any atom is 0.273 e. The Morgan fingerprint density at radius 1 is 1.24 bits per heavy atom. The van der Waals surface area contributed by atoms with Crippen molar-refractivity contribution in [3.63, 3.8) is 0 Å². The van der Waals surface area contributed by atoms with Crippen LogP contribution in [0.2, 0.25) is 0 Å². The van der Waals surface area contributed by atoms with E-state index in [9.17, 15) is 19.8 Å². The molecule has 4 heterocycles. The number of nitrogens with one attached hydrogen (secondary N) is 1. The lowest BCUT2D eigenvalue weighted by molar-refractivity contribution is -0.137. The predicted molar refractivity (Wildman–Crippen MR) is 130 cm³/mol. The Morgan fingerprint density at radius 2 is 2.05 bits per heavy atom. The highest BCUT2D eigenvalue weighted by Gasteiger charge is 2.47. The molecule has 2 fully saturated rings. The number of amides is 2. The molecule has 2 unspecified atom stereocenters. The molecular weight excluding hydrogens is 480 g/mol. The van der Waals surface area contributed by atoms with Crippen molar-refractivity contribution in [2.75, 3.05) is 19.3 Å². The maximum absolute atomic E-state index is 13.0. The minimum atomic E-state index is -1.45. The Morgan fingerprint density at radius 3 is 2.73 bits per heavy atom. The third kappa shape index (κ3) is 4.57. The number of aliphatic hydroxyl groups is 2. The van der Waals surface area contributed by atoms with Crippen LogP contribution in [0.15, 0.2) is 30.7 Å². The number of nitrogens with zero attached hydrogens (tertiary/aromatic N) is 6. The molecule has 13 heteroatoms. The van der Waals surface area contributed by atoms with Gasteiger partial charge in [0.25, 0.3) is 11.8 Å². The normalized spacial score (nSPS) is 23.2. The van der Waals surface area contributed by atoms with Gasteiger partial charge in [-0.25, -0.2) is 15.0 Å². The van der Waals surface area contributed by atoms with Gasteiger partial charge in [0.05, 0.1) is 12.9 Å². The van der Waals surface area contributed by atoms with Gasteiger partial charge in [0.15, 0.2) is 23.8 Å². The van der Waals surface area contributed by atoms with E-state index in [2.05, 4.69) is 37.1 Å². The summed E-state index contributed by atoms with van der Waals surface area (Å²) in [5, 5.41) is 23.2. The van der Waals surface area contributed by atoms with Gasteiger partial charge < -0.3 is 30.9 Å². The number of likely N-dealkylation sites (N-methyl/N-ethyl adjacent to an activating group) is 1. The molecule has 2 aliphatic rings. The predicted octanol–water partition coefficient (Wildman–Crippen LogP) is -0.785. The molecular formula is C24H26N8O5. The van der Waals surface area contributed by atoms with E-state index in [1.165, 1.54) is 17.9 Å². The van der Waals surface area contributed by atoms with Gasteiger partial charge in [0.2, 0.25) is 5.82 Å². The van der Waals surface area contributed by atoms with E-state index in [1.54, 1.807) is 29.3 Å². The molecule has 13 nitrogen and oxygen atoms in total. The maximum atomic E-state index is 13.0. The van der Waals surface area contributed by atoms with Crippen molar-refractivity contribution < 1.29 is 24.5 Å². The summed E-state index contributed by atoms with van der Waals surface area (Å²) in [4.78, 5) is 43.7. The first kappa shape index (κ1) is 24.6. The van der Waals surface area contributed by atoms with E-state index in [4.69, 9.17) is 10.5 Å². The quantitative estimate of drug-likeness (QED) is 0.320. The molecule has 37 heavy (non-hydrogen) atoms. The molecule has 2 amide bonds. The average Bonchev–Trinajstić information content (AvgIpc) is 3.43. The summed E-state index contributed by atoms with van der Waals surface area (Å²) < 4.78 is 7.00. The molecule has 0 bridgehead atoms. The number of nitrogen functional groups attached to an aromatic ring is 1. The Kier molecular flexibility index (Phi) is 6.70. The molecule has 4 atom stereocenters. The first-order valence-electron chi connectivity index (χ1n) is 11.8. The minimum Gasteiger partial charge on any atom is -0.387 e. The van der Waals surface area contributed by atoms with Crippen LogP contribution in [0.25, 0.3) is 11.2 Å². The van der Waals surface area contributed by atoms with Crippen LogP contribution in [-0.4, -0.2) is 89.4 Å². The summed E-state index contributed by atoms with van der Waals surface area (Å²) >= 11 is 0. The number of nitrogens with two attached hydrogens (primary N) is 1. The largest absolute Gasteiger partial charge is 0.387 e. The fourth-order valence-corrected chi connectivity index (χ4v) is 4.33. The third-order valence-corrected chi connectivity index (χ3v) is 6.58. The van der Waals surface area contributed by atoms with Crippen molar-refractivity contribution >= 4 is 28.8 Å². The molecule has 1 aliphatic carbocycles. The van der Waals surface area contributed by atoms with Gasteiger partial charge in [-0.2, -0.15) is 0 Å². The van der Waals surface area contributed by atoms with Crippen LogP contribution >= 0.6 is 0 Å². The van der Waals surface area contributed by atoms with Crippen molar-refractivity contribution in [1.82, 2.24) is 34.7 Å². The lowest BCUT2D eigenvalue weighted by Gasteiger charge is -2.36. The van der Waals surface area contributed by atoms with Crippen LogP contribution < -0.4 is 11.1 Å². The van der Waals surface area contributed by atoms with Crippen molar-refractivity contribution in [3.05, 3.63) is 42.2 Å². The number of ether oxygens (including phenoxy) is 1. The van der Waals surface area contributed by atoms with Crippen molar-refractivity contribution in [2.45, 2.75) is 49.8 Å². The summed E-state index contributed by atoms with van der Waals surface area (Å²) in [6.45, 7) is 0.158. The van der Waals surface area contributed by atoms with Gasteiger partial charge in [0, 0.05) is 19.3 Å². The van der Waals surface area contributed by atoms with Gasteiger partial charge in [-0.3, -0.25) is 19.1 Å². The second-order valence-electron chi connectivity index (χ2n) is 8.83. The van der Waals surface area contributed by atoms with Crippen LogP contribution in [0, 0.1) is 11.8 Å². The molecule has 5 rings (SSSR count). The number of pyridine rings is 1. The summed E-state index contributed by atoms with van der Waals surface area (Å²) in [7, 11) is 1.40. The molecule has 192 valence electrons. The summed E-state index contributed by atoms with van der Waals surface area (Å²) in [6, 6.07) is 5.29. The fraction of sp³-hybridized carbons (Fsp3) is 0.417. The summed E-state index contributed by atoms with van der Waals surface area (Å²) in [5.41, 5.74) is 6.90. The van der Waals surface area contributed by atoms with E-state index in [0.29, 0.717) is 5.69 Å². The van der Waals surface area contributed by atoms with E-state index in [1.807, 2.05) is 0 Å². The van der Waals surface area contributed by atoms with Gasteiger partial charge in [-0.05, 0) is 37.3 Å². The molecule has 1 aliphatic heterocycles. The van der Waals surface area contributed by atoms with Gasteiger partial charge in [-0.1, -0.05) is 12.0 Å². The standard InChI is InChI=1S/C24H26N8O5/c1-26-22(35)19-17(33)18(34)24(37-19)32-12-28-16-20(25)29-15(30-21(16)32)9-5-11-31(13-6-4-7-13)23(36)14-8-2-3-10-27-14/h2-3,8,10,12-13,17-19,24,33-34H,4,6-7,11H2,1H3,(H,26,35)(H2,25,29,30)/t17-,18+,19?,24?/m0/s1. The smallest absolute Gasteiger partial charge is 0.273 e. The highest BCUT2D eigenvalue weighted by Crippen LogP contribution is 2.32. The number of hydrogen-bond acceptors (Lipinski definition) is 10. The van der Waals surface area contributed by atoms with Crippen LogP contribution in [0.4, 0.5) is 5.82 Å². The van der Waals surface area contributed by atoms with Crippen LogP contribution in [0.5, 0.6) is 0 Å². The molecule has 3 aromatic heterocycles. The lowest BCUT2D eigenvalue weighted by atomic mass is 9.91. The molecule has 1 saturated heterocycles. The number of aliphatic hydroxyl groups excluding tert-OH is 2. The zero-order valence-corrected chi connectivity index (χ0v) is 20.0. The zero-order valence-electron chi connectivity index (χ0n) is 20.0. The second kappa shape index (κ2) is 10.1. The highest BCUT2D eigenvalue weighted by atomic mass is 16.6. The monoisotopic (exact) mass is 506 g/mol. The highest BCUT2D eigenvalue weighted by molar-refractivity contribution is 5.92. The number of aromatic nitrogens is 5. The van der Waals surface area contributed by atoms with Crippen LogP contribution in [0.3, 0.4) is 0 Å². The van der Waals surface area contributed by atoms with E-state index in [0.717, 1.165) is 19.3 Å². The van der Waals surface area contributed by atoms with Crippen molar-refractivity contribution in [3.8, 4) is 11.8 Å². The topological polar surface area (TPSA) is 182 Å². The van der Waals surface area contributed by atoms with Gasteiger partial charge >= 0.3 is 0 Å². The first-order chi connectivity index (χ1) is 17.9. The van der Waals surface area contributed by atoms with E-state index in [-0.39, 0.29) is 41.3 Å². The number of rotatable bonds is 5. The van der Waals surface area contributed by atoms with Gasteiger partial charge in [0.1, 0.15) is 23.4 Å². The van der Waals surface area contributed by atoms with Crippen LogP contribution in [0.1, 0.15) is 41.8 Å². The molecule has 3 aromatic rings. The molecule has 1 saturated carbocycles. The van der Waals surface area contributed by atoms with Gasteiger partial charge in [-0.15, -0.1) is 0 Å². The average molecular weight is 507 g/mol. The number of carbonyl (C=O) groups is 2. The number of fused-ring (bicyclic) bond motifs is 1. The number of carbonyl (C=O) groups excluding carboxylic acids is 2. The fourth-order valence-electron chi connectivity index (χ4n) is 4.33. The molecule has 0 aromatic carbocycles. The third-order valence-electron chi connectivity index (χ3n) is 6.58. The number of hydrogen-bond donors (Lipinski definition) is 4.